The molecule has 0 fully saturated rings. The van der Waals surface area contributed by atoms with Gasteiger partial charge in [0.15, 0.2) is 0 Å². The minimum absolute atomic E-state index is 0.0602. The van der Waals surface area contributed by atoms with Crippen LogP contribution < -0.4 is 5.32 Å². The van der Waals surface area contributed by atoms with Crippen molar-refractivity contribution in [3.63, 3.8) is 0 Å². The Morgan fingerprint density at radius 1 is 1.50 bits per heavy atom. The molecule has 1 aliphatic rings. The lowest BCUT2D eigenvalue weighted by Gasteiger charge is -2.00. The van der Waals surface area contributed by atoms with E-state index in [9.17, 15) is 4.79 Å². The zero-order valence-electron chi connectivity index (χ0n) is 6.65. The predicted octanol–water partition coefficient (Wildman–Crippen LogP) is 1.89. The number of hydrogen-bond acceptors (Lipinski definition) is 1. The number of carbonyl (C=O) groups is 1. The minimum atomic E-state index is -0.0602. The van der Waals surface area contributed by atoms with Crippen LogP contribution in [-0.4, -0.2) is 5.91 Å². The summed E-state index contributed by atoms with van der Waals surface area (Å²) in [6.07, 6.45) is 0. The van der Waals surface area contributed by atoms with Crippen LogP contribution in [0.2, 0.25) is 5.02 Å². The van der Waals surface area contributed by atoms with Gasteiger partial charge in [-0.2, -0.15) is 0 Å². The van der Waals surface area contributed by atoms with Crippen LogP contribution in [0.5, 0.6) is 0 Å². The molecule has 0 unspecified atom stereocenters. The molecular formula is C9H8ClNO. The first-order valence-corrected chi connectivity index (χ1v) is 4.13. The highest BCUT2D eigenvalue weighted by atomic mass is 35.5. The van der Waals surface area contributed by atoms with Crippen molar-refractivity contribution in [2.24, 2.45) is 0 Å². The molecule has 1 aromatic carbocycles. The van der Waals surface area contributed by atoms with Crippen molar-refractivity contribution in [2.75, 3.05) is 0 Å². The van der Waals surface area contributed by atoms with Gasteiger partial charge in [0, 0.05) is 6.54 Å². The van der Waals surface area contributed by atoms with Crippen molar-refractivity contribution in [1.82, 2.24) is 5.32 Å². The molecule has 0 radical (unpaired) electrons. The van der Waals surface area contributed by atoms with Gasteiger partial charge in [-0.05, 0) is 24.1 Å². The molecule has 0 bridgehead atoms. The monoisotopic (exact) mass is 181 g/mol. The molecule has 0 saturated heterocycles. The number of benzene rings is 1. The van der Waals surface area contributed by atoms with Gasteiger partial charge in [0.05, 0.1) is 10.6 Å². The van der Waals surface area contributed by atoms with Gasteiger partial charge in [0.2, 0.25) is 0 Å². The SMILES string of the molecule is Cc1cc(Cl)c2c(c1)CNC2=O. The van der Waals surface area contributed by atoms with Crippen molar-refractivity contribution in [2.45, 2.75) is 13.5 Å². The molecule has 1 N–H and O–H groups in total. The molecule has 1 aliphatic heterocycles. The molecule has 0 aromatic heterocycles. The Bertz CT molecular complexity index is 360. The summed E-state index contributed by atoms with van der Waals surface area (Å²) in [7, 11) is 0. The normalized spacial score (nSPS) is 14.3. The quantitative estimate of drug-likeness (QED) is 0.651. The van der Waals surface area contributed by atoms with E-state index in [1.807, 2.05) is 19.1 Å². The van der Waals surface area contributed by atoms with E-state index in [2.05, 4.69) is 5.32 Å². The van der Waals surface area contributed by atoms with Gasteiger partial charge >= 0.3 is 0 Å². The molecule has 1 heterocycles. The average molecular weight is 182 g/mol. The molecule has 12 heavy (non-hydrogen) atoms. The van der Waals surface area contributed by atoms with Gasteiger partial charge in [-0.15, -0.1) is 0 Å². The van der Waals surface area contributed by atoms with Crippen LogP contribution in [0.1, 0.15) is 21.5 Å². The maximum atomic E-state index is 11.2. The third-order valence-electron chi connectivity index (χ3n) is 1.98. The summed E-state index contributed by atoms with van der Waals surface area (Å²) in [4.78, 5) is 11.2. The van der Waals surface area contributed by atoms with Crippen LogP contribution >= 0.6 is 11.6 Å². The fourth-order valence-corrected chi connectivity index (χ4v) is 1.85. The van der Waals surface area contributed by atoms with E-state index in [1.54, 1.807) is 0 Å². The second-order valence-electron chi connectivity index (χ2n) is 2.96. The van der Waals surface area contributed by atoms with Crippen molar-refractivity contribution in [1.29, 1.82) is 0 Å². The van der Waals surface area contributed by atoms with E-state index in [4.69, 9.17) is 11.6 Å². The molecule has 2 rings (SSSR count). The topological polar surface area (TPSA) is 29.1 Å². The highest BCUT2D eigenvalue weighted by Crippen LogP contribution is 2.25. The number of rotatable bonds is 0. The second-order valence-corrected chi connectivity index (χ2v) is 3.37. The molecule has 0 spiro atoms. The Morgan fingerprint density at radius 3 is 3.00 bits per heavy atom. The highest BCUT2D eigenvalue weighted by molar-refractivity contribution is 6.34. The van der Waals surface area contributed by atoms with Crippen LogP contribution in [0.3, 0.4) is 0 Å². The van der Waals surface area contributed by atoms with E-state index in [-0.39, 0.29) is 5.91 Å². The molecule has 0 saturated carbocycles. The van der Waals surface area contributed by atoms with Crippen LogP contribution in [0.15, 0.2) is 12.1 Å². The maximum Gasteiger partial charge on any atom is 0.253 e. The summed E-state index contributed by atoms with van der Waals surface area (Å²) < 4.78 is 0. The first-order valence-electron chi connectivity index (χ1n) is 3.75. The summed E-state index contributed by atoms with van der Waals surface area (Å²) in [6, 6.07) is 3.80. The molecule has 2 nitrogen and oxygen atoms in total. The smallest absolute Gasteiger partial charge is 0.253 e. The van der Waals surface area contributed by atoms with Crippen LogP contribution in [0.25, 0.3) is 0 Å². The summed E-state index contributed by atoms with van der Waals surface area (Å²) in [5.74, 6) is -0.0602. The molecule has 62 valence electrons. The number of halogens is 1. The predicted molar refractivity (Wildman–Crippen MR) is 47.4 cm³/mol. The van der Waals surface area contributed by atoms with Crippen LogP contribution in [0, 0.1) is 6.92 Å². The molecule has 1 aromatic rings. The zero-order chi connectivity index (χ0) is 8.72. The number of hydrogen-bond donors (Lipinski definition) is 1. The first kappa shape index (κ1) is 7.62. The summed E-state index contributed by atoms with van der Waals surface area (Å²) >= 11 is 5.91. The standard InChI is InChI=1S/C9H8ClNO/c1-5-2-6-4-11-9(12)8(6)7(10)3-5/h2-3H,4H2,1H3,(H,11,12). The van der Waals surface area contributed by atoms with Gasteiger partial charge in [-0.1, -0.05) is 17.7 Å². The average Bonchev–Trinajstić information content (AvgIpc) is 2.31. The van der Waals surface area contributed by atoms with E-state index in [1.165, 1.54) is 0 Å². The van der Waals surface area contributed by atoms with Crippen LogP contribution in [0.4, 0.5) is 0 Å². The molecule has 1 amide bonds. The first-order chi connectivity index (χ1) is 5.68. The number of aryl methyl sites for hydroxylation is 1. The summed E-state index contributed by atoms with van der Waals surface area (Å²) in [5, 5.41) is 3.29. The molecule has 0 atom stereocenters. The van der Waals surface area contributed by atoms with E-state index in [0.717, 1.165) is 11.1 Å². The number of fused-ring (bicyclic) bond motifs is 1. The Kier molecular flexibility index (Phi) is 1.58. The number of nitrogens with one attached hydrogen (secondary N) is 1. The van der Waals surface area contributed by atoms with Gasteiger partial charge in [0.1, 0.15) is 0 Å². The van der Waals surface area contributed by atoms with Gasteiger partial charge < -0.3 is 5.32 Å². The lowest BCUT2D eigenvalue weighted by molar-refractivity contribution is 0.0966. The molecule has 3 heteroatoms. The lowest BCUT2D eigenvalue weighted by Crippen LogP contribution is -2.12. The molecular weight excluding hydrogens is 174 g/mol. The summed E-state index contributed by atoms with van der Waals surface area (Å²) in [6.45, 7) is 2.57. The van der Waals surface area contributed by atoms with E-state index in [0.29, 0.717) is 17.1 Å². The Balaban J connectivity index is 2.68. The third kappa shape index (κ3) is 0.994. The Hall–Kier alpha value is -1.02. The van der Waals surface area contributed by atoms with Gasteiger partial charge in [0.25, 0.3) is 5.91 Å². The number of amides is 1. The van der Waals surface area contributed by atoms with E-state index < -0.39 is 0 Å². The Labute approximate surface area is 75.5 Å². The lowest BCUT2D eigenvalue weighted by atomic mass is 10.1. The van der Waals surface area contributed by atoms with E-state index >= 15 is 0 Å². The van der Waals surface area contributed by atoms with Crippen molar-refractivity contribution in [3.8, 4) is 0 Å². The van der Waals surface area contributed by atoms with Gasteiger partial charge in [-0.3, -0.25) is 4.79 Å². The fraction of sp³-hybridized carbons (Fsp3) is 0.222. The fourth-order valence-electron chi connectivity index (χ4n) is 1.47. The highest BCUT2D eigenvalue weighted by Gasteiger charge is 2.21. The second kappa shape index (κ2) is 2.49. The van der Waals surface area contributed by atoms with Gasteiger partial charge in [-0.25, -0.2) is 0 Å². The Morgan fingerprint density at radius 2 is 2.25 bits per heavy atom. The van der Waals surface area contributed by atoms with Crippen molar-refractivity contribution in [3.05, 3.63) is 33.8 Å². The molecule has 0 aliphatic carbocycles. The van der Waals surface area contributed by atoms with Crippen molar-refractivity contribution >= 4 is 17.5 Å². The summed E-state index contributed by atoms with van der Waals surface area (Å²) in [5.41, 5.74) is 2.74. The number of carbonyl (C=O) groups excluding carboxylic acids is 1. The maximum absolute atomic E-state index is 11.2. The largest absolute Gasteiger partial charge is 0.348 e. The third-order valence-corrected chi connectivity index (χ3v) is 2.28. The minimum Gasteiger partial charge on any atom is -0.348 e. The van der Waals surface area contributed by atoms with Crippen LogP contribution in [-0.2, 0) is 6.54 Å². The zero-order valence-corrected chi connectivity index (χ0v) is 7.40. The van der Waals surface area contributed by atoms with Crippen molar-refractivity contribution < 1.29 is 4.79 Å².